The number of hydrogen-bond donors (Lipinski definition) is 1. The normalized spacial score (nSPS) is 16.6. The van der Waals surface area contributed by atoms with E-state index in [4.69, 9.17) is 14.2 Å². The summed E-state index contributed by atoms with van der Waals surface area (Å²) in [5.41, 5.74) is 3.59. The molecule has 1 atom stereocenters. The fraction of sp³-hybridized carbons (Fsp3) is 0.368. The van der Waals surface area contributed by atoms with Crippen LogP contribution in [0.4, 0.5) is 0 Å². The Hall–Kier alpha value is -2.20. The van der Waals surface area contributed by atoms with Crippen LogP contribution in [0.1, 0.15) is 29.7 Å². The second kappa shape index (κ2) is 6.92. The van der Waals surface area contributed by atoms with E-state index in [0.717, 1.165) is 35.8 Å². The summed E-state index contributed by atoms with van der Waals surface area (Å²) >= 11 is 0. The lowest BCUT2D eigenvalue weighted by molar-refractivity contribution is 0.305. The van der Waals surface area contributed by atoms with Crippen molar-refractivity contribution in [1.82, 2.24) is 5.32 Å². The Morgan fingerprint density at radius 1 is 1.00 bits per heavy atom. The Balaban J connectivity index is 2.11. The molecule has 0 radical (unpaired) electrons. The summed E-state index contributed by atoms with van der Waals surface area (Å²) in [4.78, 5) is 0. The molecule has 0 spiro atoms. The van der Waals surface area contributed by atoms with E-state index in [1.165, 1.54) is 11.1 Å². The third-order valence-electron chi connectivity index (χ3n) is 4.25. The highest BCUT2D eigenvalue weighted by atomic mass is 16.5. The van der Waals surface area contributed by atoms with Gasteiger partial charge in [-0.05, 0) is 31.0 Å². The van der Waals surface area contributed by atoms with Gasteiger partial charge in [0.1, 0.15) is 5.75 Å². The molecule has 23 heavy (non-hydrogen) atoms. The maximum Gasteiger partial charge on any atom is 0.164 e. The molecular weight excluding hydrogens is 290 g/mol. The molecule has 1 heterocycles. The molecule has 1 aliphatic rings. The molecule has 1 unspecified atom stereocenters. The van der Waals surface area contributed by atoms with Gasteiger partial charge in [-0.1, -0.05) is 24.3 Å². The molecule has 0 aliphatic carbocycles. The first-order valence-electron chi connectivity index (χ1n) is 7.99. The molecule has 2 aromatic carbocycles. The number of hydrogen-bond acceptors (Lipinski definition) is 4. The quantitative estimate of drug-likeness (QED) is 0.919. The van der Waals surface area contributed by atoms with E-state index in [-0.39, 0.29) is 6.04 Å². The van der Waals surface area contributed by atoms with Crippen molar-refractivity contribution in [2.24, 2.45) is 0 Å². The van der Waals surface area contributed by atoms with Crippen LogP contribution in [0.3, 0.4) is 0 Å². The fourth-order valence-electron chi connectivity index (χ4n) is 3.25. The van der Waals surface area contributed by atoms with Crippen molar-refractivity contribution < 1.29 is 14.2 Å². The van der Waals surface area contributed by atoms with Gasteiger partial charge in [0.15, 0.2) is 11.5 Å². The van der Waals surface area contributed by atoms with Gasteiger partial charge in [-0.25, -0.2) is 0 Å². The maximum atomic E-state index is 5.88. The van der Waals surface area contributed by atoms with Gasteiger partial charge in [-0.15, -0.1) is 0 Å². The van der Waals surface area contributed by atoms with E-state index in [2.05, 4.69) is 17.4 Å². The van der Waals surface area contributed by atoms with Crippen LogP contribution in [0.5, 0.6) is 17.2 Å². The van der Waals surface area contributed by atoms with Gasteiger partial charge in [-0.3, -0.25) is 0 Å². The highest BCUT2D eigenvalue weighted by Gasteiger charge is 2.27. The van der Waals surface area contributed by atoms with Crippen molar-refractivity contribution in [2.45, 2.75) is 19.4 Å². The Kier molecular flexibility index (Phi) is 4.72. The summed E-state index contributed by atoms with van der Waals surface area (Å²) < 4.78 is 16.9. The van der Waals surface area contributed by atoms with Crippen LogP contribution >= 0.6 is 0 Å². The van der Waals surface area contributed by atoms with Crippen LogP contribution in [-0.2, 0) is 6.42 Å². The van der Waals surface area contributed by atoms with E-state index < -0.39 is 0 Å². The molecule has 4 heteroatoms. The van der Waals surface area contributed by atoms with Gasteiger partial charge < -0.3 is 19.5 Å². The first-order valence-corrected chi connectivity index (χ1v) is 7.99. The molecular formula is C19H23NO3. The van der Waals surface area contributed by atoms with Gasteiger partial charge >= 0.3 is 0 Å². The number of nitrogens with one attached hydrogen (secondary N) is 1. The van der Waals surface area contributed by atoms with Crippen molar-refractivity contribution in [1.29, 1.82) is 0 Å². The number of benzene rings is 2. The van der Waals surface area contributed by atoms with Gasteiger partial charge in [0.2, 0.25) is 0 Å². The molecule has 0 bridgehead atoms. The molecule has 1 aliphatic heterocycles. The minimum absolute atomic E-state index is 0.0972. The van der Waals surface area contributed by atoms with Crippen LogP contribution in [0, 0.1) is 0 Å². The average molecular weight is 313 g/mol. The molecule has 0 aromatic heterocycles. The molecule has 0 fully saturated rings. The predicted molar refractivity (Wildman–Crippen MR) is 90.7 cm³/mol. The zero-order valence-corrected chi connectivity index (χ0v) is 13.9. The summed E-state index contributed by atoms with van der Waals surface area (Å²) in [7, 11) is 3.39. The van der Waals surface area contributed by atoms with Crippen molar-refractivity contribution in [2.75, 3.05) is 27.4 Å². The number of para-hydroxylation sites is 1. The molecule has 0 amide bonds. The van der Waals surface area contributed by atoms with Crippen LogP contribution in [-0.4, -0.2) is 27.4 Å². The van der Waals surface area contributed by atoms with Gasteiger partial charge in [0.25, 0.3) is 0 Å². The summed E-state index contributed by atoms with van der Waals surface area (Å²) in [6.45, 7) is 3.51. The van der Waals surface area contributed by atoms with Gasteiger partial charge in [-0.2, -0.15) is 0 Å². The predicted octanol–water partition coefficient (Wildman–Crippen LogP) is 3.34. The topological polar surface area (TPSA) is 39.7 Å². The number of fused-ring (bicyclic) bond motifs is 1. The summed E-state index contributed by atoms with van der Waals surface area (Å²) in [6, 6.07) is 12.3. The SMILES string of the molecule is CCOc1c(OC)ccc2c1CCNC2c1ccccc1OC. The highest BCUT2D eigenvalue weighted by Crippen LogP contribution is 2.41. The van der Waals surface area contributed by atoms with Crippen molar-refractivity contribution in [3.63, 3.8) is 0 Å². The molecule has 122 valence electrons. The summed E-state index contributed by atoms with van der Waals surface area (Å²) in [5.74, 6) is 2.56. The van der Waals surface area contributed by atoms with Crippen LogP contribution in [0.15, 0.2) is 36.4 Å². The Bertz CT molecular complexity index is 684. The third-order valence-corrected chi connectivity index (χ3v) is 4.25. The zero-order chi connectivity index (χ0) is 16.2. The average Bonchev–Trinajstić information content (AvgIpc) is 2.61. The van der Waals surface area contributed by atoms with Crippen molar-refractivity contribution >= 4 is 0 Å². The van der Waals surface area contributed by atoms with Crippen LogP contribution < -0.4 is 19.5 Å². The van der Waals surface area contributed by atoms with E-state index in [9.17, 15) is 0 Å². The second-order valence-electron chi connectivity index (χ2n) is 5.48. The van der Waals surface area contributed by atoms with E-state index in [1.807, 2.05) is 31.2 Å². The summed E-state index contributed by atoms with van der Waals surface area (Å²) in [6.07, 6.45) is 0.924. The van der Waals surface area contributed by atoms with E-state index in [1.54, 1.807) is 14.2 Å². The lowest BCUT2D eigenvalue weighted by Crippen LogP contribution is -2.31. The lowest BCUT2D eigenvalue weighted by atomic mass is 9.88. The second-order valence-corrected chi connectivity index (χ2v) is 5.48. The van der Waals surface area contributed by atoms with Gasteiger partial charge in [0, 0.05) is 17.7 Å². The van der Waals surface area contributed by atoms with E-state index >= 15 is 0 Å². The third kappa shape index (κ3) is 2.86. The van der Waals surface area contributed by atoms with Crippen LogP contribution in [0.2, 0.25) is 0 Å². The van der Waals surface area contributed by atoms with Crippen molar-refractivity contribution in [3.05, 3.63) is 53.1 Å². The molecule has 1 N–H and O–H groups in total. The Labute approximate surface area is 137 Å². The molecule has 0 saturated heterocycles. The summed E-state index contributed by atoms with van der Waals surface area (Å²) in [5, 5.41) is 3.60. The molecule has 0 saturated carbocycles. The van der Waals surface area contributed by atoms with Gasteiger partial charge in [0.05, 0.1) is 26.9 Å². The largest absolute Gasteiger partial charge is 0.496 e. The Morgan fingerprint density at radius 3 is 2.52 bits per heavy atom. The molecule has 2 aromatic rings. The van der Waals surface area contributed by atoms with Crippen LogP contribution in [0.25, 0.3) is 0 Å². The van der Waals surface area contributed by atoms with Crippen molar-refractivity contribution in [3.8, 4) is 17.2 Å². The maximum absolute atomic E-state index is 5.88. The minimum atomic E-state index is 0.0972. The number of ether oxygens (including phenoxy) is 3. The molecule has 3 rings (SSSR count). The number of rotatable bonds is 5. The monoisotopic (exact) mass is 313 g/mol. The lowest BCUT2D eigenvalue weighted by Gasteiger charge is -2.30. The first-order chi connectivity index (χ1) is 11.3. The zero-order valence-electron chi connectivity index (χ0n) is 13.9. The highest BCUT2D eigenvalue weighted by molar-refractivity contribution is 5.55. The Morgan fingerprint density at radius 2 is 1.78 bits per heavy atom. The standard InChI is InChI=1S/C19H23NO3/c1-4-23-19-14-11-12-20-18(13(14)9-10-17(19)22-3)15-7-5-6-8-16(15)21-2/h5-10,18,20H,4,11-12H2,1-3H3. The first kappa shape index (κ1) is 15.7. The number of methoxy groups -OCH3 is 2. The molecule has 4 nitrogen and oxygen atoms in total. The smallest absolute Gasteiger partial charge is 0.164 e. The minimum Gasteiger partial charge on any atom is -0.496 e. The fourth-order valence-corrected chi connectivity index (χ4v) is 3.25. The van der Waals surface area contributed by atoms with E-state index in [0.29, 0.717) is 6.61 Å².